The zero-order chi connectivity index (χ0) is 12.1. The first-order valence-electron chi connectivity index (χ1n) is 5.88. The molecule has 0 atom stereocenters. The molecule has 90 valence electrons. The first-order chi connectivity index (χ1) is 8.35. The van der Waals surface area contributed by atoms with E-state index in [9.17, 15) is 4.79 Å². The van der Waals surface area contributed by atoms with Crippen molar-refractivity contribution in [2.24, 2.45) is 0 Å². The Morgan fingerprint density at radius 2 is 2.18 bits per heavy atom. The maximum atomic E-state index is 10.7. The summed E-state index contributed by atoms with van der Waals surface area (Å²) in [6.45, 7) is 1.81. The molecule has 0 unspecified atom stereocenters. The molecule has 17 heavy (non-hydrogen) atoms. The fourth-order valence-corrected chi connectivity index (χ4v) is 2.02. The molecule has 2 rings (SSSR count). The Hall–Kier alpha value is -1.61. The van der Waals surface area contributed by atoms with Gasteiger partial charge in [0.1, 0.15) is 6.29 Å². The lowest BCUT2D eigenvalue weighted by molar-refractivity contribution is 0.112. The Labute approximate surface area is 101 Å². The molecule has 0 radical (unpaired) electrons. The minimum Gasteiger partial charge on any atom is -0.385 e. The number of hydrogen-bond acceptors (Lipinski definition) is 2. The van der Waals surface area contributed by atoms with Crippen LogP contribution in [0.4, 0.5) is 0 Å². The monoisotopic (exact) mass is 231 g/mol. The normalized spacial score (nSPS) is 10.9. The van der Waals surface area contributed by atoms with Gasteiger partial charge in [0.25, 0.3) is 0 Å². The molecule has 0 bridgehead atoms. The van der Waals surface area contributed by atoms with E-state index >= 15 is 0 Å². The first-order valence-corrected chi connectivity index (χ1v) is 5.88. The van der Waals surface area contributed by atoms with Crippen molar-refractivity contribution >= 4 is 17.2 Å². The number of fused-ring (bicyclic) bond motifs is 1. The van der Waals surface area contributed by atoms with Crippen LogP contribution in [0, 0.1) is 0 Å². The van der Waals surface area contributed by atoms with Gasteiger partial charge in [-0.05, 0) is 37.1 Å². The average molecular weight is 231 g/mol. The van der Waals surface area contributed by atoms with Gasteiger partial charge < -0.3 is 9.30 Å². The zero-order valence-electron chi connectivity index (χ0n) is 10.1. The molecule has 3 heteroatoms. The highest BCUT2D eigenvalue weighted by Crippen LogP contribution is 2.17. The number of hydrogen-bond donors (Lipinski definition) is 0. The summed E-state index contributed by atoms with van der Waals surface area (Å²) in [5.74, 6) is 0. The van der Waals surface area contributed by atoms with Gasteiger partial charge in [0.15, 0.2) is 0 Å². The van der Waals surface area contributed by atoms with E-state index in [4.69, 9.17) is 4.74 Å². The Balaban J connectivity index is 2.10. The van der Waals surface area contributed by atoms with Gasteiger partial charge in [-0.25, -0.2) is 0 Å². The van der Waals surface area contributed by atoms with Crippen LogP contribution in [0.2, 0.25) is 0 Å². The largest absolute Gasteiger partial charge is 0.385 e. The number of aldehydes is 1. The maximum absolute atomic E-state index is 10.7. The fraction of sp³-hybridized carbons (Fsp3) is 0.357. The summed E-state index contributed by atoms with van der Waals surface area (Å²) in [5, 5.41) is 1.13. The molecular formula is C14H17NO2. The van der Waals surface area contributed by atoms with Crippen LogP contribution in [0.5, 0.6) is 0 Å². The van der Waals surface area contributed by atoms with Crippen LogP contribution in [-0.4, -0.2) is 24.6 Å². The van der Waals surface area contributed by atoms with Crippen LogP contribution in [0.15, 0.2) is 30.5 Å². The van der Waals surface area contributed by atoms with Gasteiger partial charge in [-0.15, -0.1) is 0 Å². The van der Waals surface area contributed by atoms with Gasteiger partial charge in [0.2, 0.25) is 0 Å². The Morgan fingerprint density at radius 3 is 2.94 bits per heavy atom. The topological polar surface area (TPSA) is 31.2 Å². The van der Waals surface area contributed by atoms with Gasteiger partial charge in [-0.3, -0.25) is 4.79 Å². The SMILES string of the molecule is COCCCCn1ccc2cc(C=O)ccc21. The summed E-state index contributed by atoms with van der Waals surface area (Å²) >= 11 is 0. The van der Waals surface area contributed by atoms with E-state index in [1.807, 2.05) is 18.2 Å². The van der Waals surface area contributed by atoms with Crippen LogP contribution in [-0.2, 0) is 11.3 Å². The van der Waals surface area contributed by atoms with E-state index in [1.165, 1.54) is 5.52 Å². The van der Waals surface area contributed by atoms with Gasteiger partial charge in [0, 0.05) is 42.9 Å². The third-order valence-electron chi connectivity index (χ3n) is 2.93. The quantitative estimate of drug-likeness (QED) is 0.565. The van der Waals surface area contributed by atoms with Crippen LogP contribution >= 0.6 is 0 Å². The highest BCUT2D eigenvalue weighted by molar-refractivity contribution is 5.87. The lowest BCUT2D eigenvalue weighted by Crippen LogP contribution is -1.98. The third-order valence-corrected chi connectivity index (χ3v) is 2.93. The lowest BCUT2D eigenvalue weighted by atomic mass is 10.2. The molecule has 0 saturated carbocycles. The molecule has 1 aromatic carbocycles. The molecule has 0 fully saturated rings. The summed E-state index contributed by atoms with van der Waals surface area (Å²) in [7, 11) is 1.73. The molecule has 0 N–H and O–H groups in total. The molecule has 0 saturated heterocycles. The number of nitrogens with zero attached hydrogens (tertiary/aromatic N) is 1. The van der Waals surface area contributed by atoms with Crippen molar-refractivity contribution < 1.29 is 9.53 Å². The van der Waals surface area contributed by atoms with E-state index in [-0.39, 0.29) is 0 Å². The number of carbonyl (C=O) groups excluding carboxylic acids is 1. The number of aromatic nitrogens is 1. The van der Waals surface area contributed by atoms with E-state index in [1.54, 1.807) is 7.11 Å². The highest BCUT2D eigenvalue weighted by Gasteiger charge is 2.01. The number of methoxy groups -OCH3 is 1. The second kappa shape index (κ2) is 5.64. The molecule has 0 aliphatic rings. The minimum atomic E-state index is 0.731. The molecule has 3 nitrogen and oxygen atoms in total. The summed E-state index contributed by atoms with van der Waals surface area (Å²) in [6.07, 6.45) is 5.14. The smallest absolute Gasteiger partial charge is 0.150 e. The third kappa shape index (κ3) is 2.74. The van der Waals surface area contributed by atoms with E-state index in [0.717, 1.165) is 43.2 Å². The number of benzene rings is 1. The van der Waals surface area contributed by atoms with E-state index in [2.05, 4.69) is 16.8 Å². The van der Waals surface area contributed by atoms with Crippen molar-refractivity contribution in [2.75, 3.05) is 13.7 Å². The molecular weight excluding hydrogens is 214 g/mol. The Morgan fingerprint density at radius 1 is 1.29 bits per heavy atom. The van der Waals surface area contributed by atoms with E-state index < -0.39 is 0 Å². The molecule has 0 amide bonds. The van der Waals surface area contributed by atoms with Crippen LogP contribution in [0.25, 0.3) is 10.9 Å². The van der Waals surface area contributed by atoms with Crippen LogP contribution in [0.3, 0.4) is 0 Å². The molecule has 0 spiro atoms. The lowest BCUT2D eigenvalue weighted by Gasteiger charge is -2.05. The predicted molar refractivity (Wildman–Crippen MR) is 68.4 cm³/mol. The Kier molecular flexibility index (Phi) is 3.94. The number of unbranched alkanes of at least 4 members (excludes halogenated alkanes) is 1. The van der Waals surface area contributed by atoms with Crippen molar-refractivity contribution in [2.45, 2.75) is 19.4 Å². The number of ether oxygens (including phenoxy) is 1. The first kappa shape index (κ1) is 11.9. The summed E-state index contributed by atoms with van der Waals surface area (Å²) in [6, 6.07) is 7.85. The Bertz CT molecular complexity index is 502. The summed E-state index contributed by atoms with van der Waals surface area (Å²) in [4.78, 5) is 10.7. The minimum absolute atomic E-state index is 0.731. The second-order valence-corrected chi connectivity index (χ2v) is 4.15. The number of rotatable bonds is 6. The van der Waals surface area contributed by atoms with Crippen molar-refractivity contribution in [3.8, 4) is 0 Å². The maximum Gasteiger partial charge on any atom is 0.150 e. The number of aryl methyl sites for hydroxylation is 1. The van der Waals surface area contributed by atoms with E-state index in [0.29, 0.717) is 0 Å². The van der Waals surface area contributed by atoms with Crippen LogP contribution in [0.1, 0.15) is 23.2 Å². The second-order valence-electron chi connectivity index (χ2n) is 4.15. The van der Waals surface area contributed by atoms with Crippen molar-refractivity contribution in [3.63, 3.8) is 0 Å². The number of carbonyl (C=O) groups is 1. The van der Waals surface area contributed by atoms with Gasteiger partial charge >= 0.3 is 0 Å². The average Bonchev–Trinajstić information content (AvgIpc) is 2.77. The van der Waals surface area contributed by atoms with Crippen molar-refractivity contribution in [1.29, 1.82) is 0 Å². The fourth-order valence-electron chi connectivity index (χ4n) is 2.02. The van der Waals surface area contributed by atoms with Crippen LogP contribution < -0.4 is 0 Å². The van der Waals surface area contributed by atoms with Crippen molar-refractivity contribution in [1.82, 2.24) is 4.57 Å². The van der Waals surface area contributed by atoms with Crippen molar-refractivity contribution in [3.05, 3.63) is 36.0 Å². The van der Waals surface area contributed by atoms with Gasteiger partial charge in [-0.1, -0.05) is 0 Å². The molecule has 1 heterocycles. The highest BCUT2D eigenvalue weighted by atomic mass is 16.5. The standard InChI is InChI=1S/C14H17NO2/c1-17-9-3-2-7-15-8-6-13-10-12(11-16)4-5-14(13)15/h4-6,8,10-11H,2-3,7,9H2,1H3. The predicted octanol–water partition coefficient (Wildman–Crippen LogP) is 2.88. The molecule has 1 aromatic heterocycles. The zero-order valence-corrected chi connectivity index (χ0v) is 10.1. The summed E-state index contributed by atoms with van der Waals surface area (Å²) in [5.41, 5.74) is 1.92. The molecule has 0 aliphatic carbocycles. The molecule has 0 aliphatic heterocycles. The summed E-state index contributed by atoms with van der Waals surface area (Å²) < 4.78 is 7.25. The molecule has 2 aromatic rings. The van der Waals surface area contributed by atoms with Gasteiger partial charge in [0.05, 0.1) is 0 Å². The van der Waals surface area contributed by atoms with Gasteiger partial charge in [-0.2, -0.15) is 0 Å².